The number of thioether (sulfide) groups is 1. The third-order valence-electron chi connectivity index (χ3n) is 2.78. The predicted octanol–water partition coefficient (Wildman–Crippen LogP) is 4.21. The Balaban J connectivity index is 2.09. The van der Waals surface area contributed by atoms with Gasteiger partial charge in [0.15, 0.2) is 0 Å². The Kier molecular flexibility index (Phi) is 5.31. The summed E-state index contributed by atoms with van der Waals surface area (Å²) in [6.45, 7) is 0.581. The van der Waals surface area contributed by atoms with Crippen LogP contribution in [0.25, 0.3) is 0 Å². The van der Waals surface area contributed by atoms with Gasteiger partial charge in [0.25, 0.3) is 0 Å². The van der Waals surface area contributed by atoms with Crippen LogP contribution in [0.5, 0.6) is 5.75 Å². The summed E-state index contributed by atoms with van der Waals surface area (Å²) >= 11 is 5.37. The standard InChI is InChI=1S/C15H16BrNOS/c1-18-13-5-6-15(16)12(8-13)10-19-14-4-2-3-11(7-14)9-17/h2-8H,9-10,17H2,1H3. The molecule has 2 aromatic carbocycles. The van der Waals surface area contributed by atoms with Crippen molar-refractivity contribution in [2.75, 3.05) is 7.11 Å². The van der Waals surface area contributed by atoms with Crippen LogP contribution in [0.1, 0.15) is 11.1 Å². The van der Waals surface area contributed by atoms with Gasteiger partial charge in [-0.1, -0.05) is 28.1 Å². The molecule has 0 saturated carbocycles. The molecule has 0 saturated heterocycles. The van der Waals surface area contributed by atoms with E-state index in [0.717, 1.165) is 21.5 Å². The molecular formula is C15H16BrNOS. The fourth-order valence-corrected chi connectivity index (χ4v) is 3.25. The van der Waals surface area contributed by atoms with Gasteiger partial charge in [-0.3, -0.25) is 0 Å². The number of rotatable bonds is 5. The Bertz CT molecular complexity index is 560. The minimum atomic E-state index is 0.581. The van der Waals surface area contributed by atoms with Gasteiger partial charge in [-0.15, -0.1) is 11.8 Å². The molecular weight excluding hydrogens is 322 g/mol. The first-order valence-corrected chi connectivity index (χ1v) is 7.75. The van der Waals surface area contributed by atoms with Crippen molar-refractivity contribution in [1.82, 2.24) is 0 Å². The Labute approximate surface area is 126 Å². The highest BCUT2D eigenvalue weighted by Gasteiger charge is 2.04. The second kappa shape index (κ2) is 6.98. The van der Waals surface area contributed by atoms with E-state index in [0.29, 0.717) is 6.54 Å². The Hall–Kier alpha value is -0.970. The van der Waals surface area contributed by atoms with Crippen LogP contribution in [-0.4, -0.2) is 7.11 Å². The van der Waals surface area contributed by atoms with E-state index in [1.54, 1.807) is 18.9 Å². The van der Waals surface area contributed by atoms with Gasteiger partial charge in [-0.2, -0.15) is 0 Å². The zero-order valence-corrected chi connectivity index (χ0v) is 13.1. The summed E-state index contributed by atoms with van der Waals surface area (Å²) in [5, 5.41) is 0. The Morgan fingerprint density at radius 2 is 2.05 bits per heavy atom. The van der Waals surface area contributed by atoms with Crippen LogP contribution in [0, 0.1) is 0 Å². The molecule has 0 spiro atoms. The molecule has 0 radical (unpaired) electrons. The van der Waals surface area contributed by atoms with Crippen LogP contribution in [0.2, 0.25) is 0 Å². The minimum Gasteiger partial charge on any atom is -0.497 e. The lowest BCUT2D eigenvalue weighted by atomic mass is 10.2. The molecule has 0 atom stereocenters. The predicted molar refractivity (Wildman–Crippen MR) is 84.6 cm³/mol. The maximum atomic E-state index is 5.65. The van der Waals surface area contributed by atoms with E-state index in [1.807, 2.05) is 24.3 Å². The lowest BCUT2D eigenvalue weighted by Gasteiger charge is -2.08. The van der Waals surface area contributed by atoms with Crippen LogP contribution in [0.15, 0.2) is 51.8 Å². The molecule has 0 bridgehead atoms. The van der Waals surface area contributed by atoms with E-state index in [4.69, 9.17) is 10.5 Å². The largest absolute Gasteiger partial charge is 0.497 e. The highest BCUT2D eigenvalue weighted by molar-refractivity contribution is 9.10. The van der Waals surface area contributed by atoms with Crippen molar-refractivity contribution in [2.24, 2.45) is 5.73 Å². The number of methoxy groups -OCH3 is 1. The molecule has 2 rings (SSSR count). The Morgan fingerprint density at radius 3 is 2.79 bits per heavy atom. The fraction of sp³-hybridized carbons (Fsp3) is 0.200. The monoisotopic (exact) mass is 337 g/mol. The molecule has 4 heteroatoms. The second-order valence-corrected chi connectivity index (χ2v) is 6.00. The summed E-state index contributed by atoms with van der Waals surface area (Å²) in [4.78, 5) is 1.23. The molecule has 0 heterocycles. The molecule has 2 N–H and O–H groups in total. The molecule has 2 aromatic rings. The summed E-state index contributed by atoms with van der Waals surface area (Å²) in [5.74, 6) is 1.78. The number of halogens is 1. The van der Waals surface area contributed by atoms with Crippen LogP contribution < -0.4 is 10.5 Å². The summed E-state index contributed by atoms with van der Waals surface area (Å²) in [5.41, 5.74) is 8.04. The first-order valence-electron chi connectivity index (χ1n) is 5.97. The van der Waals surface area contributed by atoms with Gasteiger partial charge in [0, 0.05) is 21.7 Å². The number of hydrogen-bond acceptors (Lipinski definition) is 3. The van der Waals surface area contributed by atoms with E-state index in [9.17, 15) is 0 Å². The van der Waals surface area contributed by atoms with Gasteiger partial charge in [0.2, 0.25) is 0 Å². The number of nitrogens with two attached hydrogens (primary N) is 1. The van der Waals surface area contributed by atoms with Crippen molar-refractivity contribution in [3.8, 4) is 5.75 Å². The number of hydrogen-bond donors (Lipinski definition) is 1. The third-order valence-corrected chi connectivity index (χ3v) is 4.60. The van der Waals surface area contributed by atoms with Crippen molar-refractivity contribution in [3.63, 3.8) is 0 Å². The zero-order chi connectivity index (χ0) is 13.7. The number of benzene rings is 2. The first-order chi connectivity index (χ1) is 9.22. The van der Waals surface area contributed by atoms with Crippen molar-refractivity contribution in [2.45, 2.75) is 17.2 Å². The average Bonchev–Trinajstić information content (AvgIpc) is 2.46. The molecule has 0 aromatic heterocycles. The molecule has 100 valence electrons. The van der Waals surface area contributed by atoms with Gasteiger partial charge >= 0.3 is 0 Å². The molecule has 0 amide bonds. The molecule has 0 fully saturated rings. The first kappa shape index (κ1) is 14.4. The van der Waals surface area contributed by atoms with Gasteiger partial charge < -0.3 is 10.5 Å². The van der Waals surface area contributed by atoms with E-state index in [-0.39, 0.29) is 0 Å². The lowest BCUT2D eigenvalue weighted by Crippen LogP contribution is -1.95. The highest BCUT2D eigenvalue weighted by atomic mass is 79.9. The van der Waals surface area contributed by atoms with Gasteiger partial charge in [0.1, 0.15) is 5.75 Å². The summed E-state index contributed by atoms with van der Waals surface area (Å²) < 4.78 is 6.36. The average molecular weight is 338 g/mol. The van der Waals surface area contributed by atoms with Crippen molar-refractivity contribution in [1.29, 1.82) is 0 Å². The third kappa shape index (κ3) is 4.00. The SMILES string of the molecule is COc1ccc(Br)c(CSc2cccc(CN)c2)c1. The van der Waals surface area contributed by atoms with Crippen LogP contribution in [0.3, 0.4) is 0 Å². The highest BCUT2D eigenvalue weighted by Crippen LogP contribution is 2.29. The van der Waals surface area contributed by atoms with Gasteiger partial charge in [-0.25, -0.2) is 0 Å². The normalized spacial score (nSPS) is 10.5. The summed E-state index contributed by atoms with van der Waals surface area (Å²) in [7, 11) is 1.69. The second-order valence-electron chi connectivity index (χ2n) is 4.10. The van der Waals surface area contributed by atoms with Crippen molar-refractivity contribution < 1.29 is 4.74 Å². The van der Waals surface area contributed by atoms with Crippen LogP contribution in [-0.2, 0) is 12.3 Å². The Morgan fingerprint density at radius 1 is 1.21 bits per heavy atom. The quantitative estimate of drug-likeness (QED) is 0.830. The minimum absolute atomic E-state index is 0.581. The summed E-state index contributed by atoms with van der Waals surface area (Å²) in [6, 6.07) is 14.4. The van der Waals surface area contributed by atoms with E-state index in [2.05, 4.69) is 34.1 Å². The topological polar surface area (TPSA) is 35.2 Å². The fourth-order valence-electron chi connectivity index (χ4n) is 1.71. The van der Waals surface area contributed by atoms with Gasteiger partial charge in [-0.05, 0) is 41.5 Å². The van der Waals surface area contributed by atoms with E-state index >= 15 is 0 Å². The number of ether oxygens (including phenoxy) is 1. The van der Waals surface area contributed by atoms with E-state index < -0.39 is 0 Å². The maximum Gasteiger partial charge on any atom is 0.119 e. The van der Waals surface area contributed by atoms with Gasteiger partial charge in [0.05, 0.1) is 7.11 Å². The lowest BCUT2D eigenvalue weighted by molar-refractivity contribution is 0.414. The molecule has 19 heavy (non-hydrogen) atoms. The summed E-state index contributed by atoms with van der Waals surface area (Å²) in [6.07, 6.45) is 0. The van der Waals surface area contributed by atoms with Crippen molar-refractivity contribution >= 4 is 27.7 Å². The molecule has 0 unspecified atom stereocenters. The van der Waals surface area contributed by atoms with Crippen LogP contribution >= 0.6 is 27.7 Å². The van der Waals surface area contributed by atoms with Crippen LogP contribution in [0.4, 0.5) is 0 Å². The maximum absolute atomic E-state index is 5.65. The van der Waals surface area contributed by atoms with E-state index in [1.165, 1.54) is 10.5 Å². The molecule has 0 aliphatic carbocycles. The molecule has 0 aliphatic rings. The molecule has 2 nitrogen and oxygen atoms in total. The molecule has 0 aliphatic heterocycles. The zero-order valence-electron chi connectivity index (χ0n) is 10.7. The van der Waals surface area contributed by atoms with Crippen molar-refractivity contribution in [3.05, 3.63) is 58.1 Å². The smallest absolute Gasteiger partial charge is 0.119 e.